The Bertz CT molecular complexity index is 524. The molecule has 1 fully saturated rings. The molecule has 0 aliphatic carbocycles. The Hall–Kier alpha value is -0.830. The van der Waals surface area contributed by atoms with Gasteiger partial charge >= 0.3 is 6.09 Å². The van der Waals surface area contributed by atoms with E-state index in [0.717, 1.165) is 8.04 Å². The van der Waals surface area contributed by atoms with Crippen LogP contribution in [0.5, 0.6) is 0 Å². The van der Waals surface area contributed by atoms with Gasteiger partial charge in [-0.3, -0.25) is 4.79 Å². The molecule has 2 amide bonds. The molecule has 1 saturated heterocycles. The van der Waals surface area contributed by atoms with E-state index >= 15 is 0 Å². The van der Waals surface area contributed by atoms with Gasteiger partial charge < -0.3 is 15.3 Å². The van der Waals surface area contributed by atoms with Gasteiger partial charge in [-0.05, 0) is 63.1 Å². The monoisotopic (exact) mass is 438 g/mol. The number of hydrogen-bond acceptors (Lipinski definition) is 2. The molecule has 5 nitrogen and oxygen atoms in total. The quantitative estimate of drug-likeness (QED) is 0.697. The van der Waals surface area contributed by atoms with Crippen LogP contribution in [-0.4, -0.2) is 41.1 Å². The van der Waals surface area contributed by atoms with Crippen LogP contribution >= 0.6 is 38.5 Å². The molecule has 102 valence electrons. The summed E-state index contributed by atoms with van der Waals surface area (Å²) < 4.78 is 1.93. The summed E-state index contributed by atoms with van der Waals surface area (Å²) in [6, 6.07) is 5.28. The summed E-state index contributed by atoms with van der Waals surface area (Å²) in [7, 11) is 0. The largest absolute Gasteiger partial charge is 0.465 e. The summed E-state index contributed by atoms with van der Waals surface area (Å²) in [6.07, 6.45) is -0.389. The van der Waals surface area contributed by atoms with Gasteiger partial charge in [0.1, 0.15) is 0 Å². The Kier molecular flexibility index (Phi) is 4.67. The van der Waals surface area contributed by atoms with Gasteiger partial charge in [0.05, 0.1) is 6.04 Å². The van der Waals surface area contributed by atoms with E-state index in [2.05, 4.69) is 43.8 Å². The molecule has 1 aliphatic heterocycles. The lowest BCUT2D eigenvalue weighted by molar-refractivity contribution is 0.0788. The van der Waals surface area contributed by atoms with E-state index < -0.39 is 6.09 Å². The van der Waals surface area contributed by atoms with Crippen LogP contribution in [0.25, 0.3) is 0 Å². The fourth-order valence-electron chi connectivity index (χ4n) is 2.05. The SMILES string of the molecule is O=C(O)NC1CCN(C(=O)c2ccc(I)c(Br)c2)C1. The van der Waals surface area contributed by atoms with Gasteiger partial charge in [-0.15, -0.1) is 0 Å². The molecule has 1 atom stereocenters. The van der Waals surface area contributed by atoms with Crippen molar-refractivity contribution < 1.29 is 14.7 Å². The lowest BCUT2D eigenvalue weighted by Crippen LogP contribution is -2.37. The molecule has 1 aliphatic rings. The average molecular weight is 439 g/mol. The highest BCUT2D eigenvalue weighted by molar-refractivity contribution is 14.1. The number of likely N-dealkylation sites (tertiary alicyclic amines) is 1. The van der Waals surface area contributed by atoms with Crippen LogP contribution in [0.15, 0.2) is 22.7 Å². The van der Waals surface area contributed by atoms with E-state index in [-0.39, 0.29) is 11.9 Å². The minimum Gasteiger partial charge on any atom is -0.465 e. The van der Waals surface area contributed by atoms with E-state index in [1.165, 1.54) is 0 Å². The Morgan fingerprint density at radius 2 is 2.21 bits per heavy atom. The van der Waals surface area contributed by atoms with Crippen LogP contribution in [-0.2, 0) is 0 Å². The number of rotatable bonds is 2. The third-order valence-electron chi connectivity index (χ3n) is 2.97. The van der Waals surface area contributed by atoms with Gasteiger partial charge in [0.15, 0.2) is 0 Å². The second-order valence-corrected chi connectivity index (χ2v) is 6.33. The fourth-order valence-corrected chi connectivity index (χ4v) is 2.76. The lowest BCUT2D eigenvalue weighted by atomic mass is 10.2. The summed E-state index contributed by atoms with van der Waals surface area (Å²) in [6.45, 7) is 1.00. The minimum absolute atomic E-state index is 0.0632. The highest BCUT2D eigenvalue weighted by Gasteiger charge is 2.27. The first-order chi connectivity index (χ1) is 8.97. The molecule has 0 radical (unpaired) electrons. The highest BCUT2D eigenvalue weighted by Crippen LogP contribution is 2.22. The van der Waals surface area contributed by atoms with Crippen molar-refractivity contribution >= 4 is 50.5 Å². The van der Waals surface area contributed by atoms with Crippen LogP contribution in [0.1, 0.15) is 16.8 Å². The Balaban J connectivity index is 2.04. The number of amides is 2. The van der Waals surface area contributed by atoms with Gasteiger partial charge in [0.2, 0.25) is 0 Å². The molecule has 0 bridgehead atoms. The van der Waals surface area contributed by atoms with E-state index in [0.29, 0.717) is 25.1 Å². The number of carbonyl (C=O) groups is 2. The highest BCUT2D eigenvalue weighted by atomic mass is 127. The Morgan fingerprint density at radius 1 is 1.47 bits per heavy atom. The average Bonchev–Trinajstić information content (AvgIpc) is 2.79. The fraction of sp³-hybridized carbons (Fsp3) is 0.333. The van der Waals surface area contributed by atoms with Crippen molar-refractivity contribution in [2.45, 2.75) is 12.5 Å². The first kappa shape index (κ1) is 14.6. The van der Waals surface area contributed by atoms with Crippen molar-refractivity contribution in [3.63, 3.8) is 0 Å². The number of benzene rings is 1. The van der Waals surface area contributed by atoms with E-state index in [1.807, 2.05) is 6.07 Å². The summed E-state index contributed by atoms with van der Waals surface area (Å²) in [5.74, 6) is -0.0632. The standard InChI is InChI=1S/C12H12BrIN2O3/c13-9-5-7(1-2-10(9)14)11(17)16-4-3-8(6-16)15-12(18)19/h1-2,5,8,15H,3-4,6H2,(H,18,19). The van der Waals surface area contributed by atoms with Crippen LogP contribution in [0, 0.1) is 3.57 Å². The maximum absolute atomic E-state index is 12.3. The number of halogens is 2. The predicted molar refractivity (Wildman–Crippen MR) is 82.3 cm³/mol. The molecule has 1 aromatic carbocycles. The van der Waals surface area contributed by atoms with E-state index in [4.69, 9.17) is 5.11 Å². The topological polar surface area (TPSA) is 69.6 Å². The van der Waals surface area contributed by atoms with E-state index in [9.17, 15) is 9.59 Å². The molecule has 0 aromatic heterocycles. The zero-order chi connectivity index (χ0) is 14.0. The Labute approximate surface area is 132 Å². The summed E-state index contributed by atoms with van der Waals surface area (Å²) >= 11 is 5.58. The normalized spacial score (nSPS) is 18.4. The van der Waals surface area contributed by atoms with Crippen LogP contribution < -0.4 is 5.32 Å². The van der Waals surface area contributed by atoms with Crippen LogP contribution in [0.4, 0.5) is 4.79 Å². The molecule has 0 saturated carbocycles. The number of carboxylic acid groups (broad SMARTS) is 1. The van der Waals surface area contributed by atoms with Crippen LogP contribution in [0.3, 0.4) is 0 Å². The molecule has 19 heavy (non-hydrogen) atoms. The molecular formula is C12H12BrIN2O3. The van der Waals surface area contributed by atoms with Gasteiger partial charge in [0.25, 0.3) is 5.91 Å². The minimum atomic E-state index is -1.05. The molecule has 1 unspecified atom stereocenters. The van der Waals surface area contributed by atoms with Gasteiger partial charge in [-0.2, -0.15) is 0 Å². The molecule has 7 heteroatoms. The molecule has 2 N–H and O–H groups in total. The van der Waals surface area contributed by atoms with Gasteiger partial charge in [-0.25, -0.2) is 4.79 Å². The van der Waals surface area contributed by atoms with Gasteiger partial charge in [0, 0.05) is 26.7 Å². The van der Waals surface area contributed by atoms with Crippen LogP contribution in [0.2, 0.25) is 0 Å². The molecule has 1 aromatic rings. The van der Waals surface area contributed by atoms with Crippen molar-refractivity contribution in [3.05, 3.63) is 31.8 Å². The lowest BCUT2D eigenvalue weighted by Gasteiger charge is -2.17. The smallest absolute Gasteiger partial charge is 0.404 e. The number of hydrogen-bond donors (Lipinski definition) is 2. The van der Waals surface area contributed by atoms with Gasteiger partial charge in [-0.1, -0.05) is 0 Å². The second-order valence-electron chi connectivity index (χ2n) is 4.32. The maximum Gasteiger partial charge on any atom is 0.404 e. The molecule has 2 rings (SSSR count). The number of nitrogens with zero attached hydrogens (tertiary/aromatic N) is 1. The summed E-state index contributed by atoms with van der Waals surface area (Å²) in [4.78, 5) is 24.5. The van der Waals surface area contributed by atoms with Crippen molar-refractivity contribution in [2.75, 3.05) is 13.1 Å². The summed E-state index contributed by atoms with van der Waals surface area (Å²) in [5.41, 5.74) is 0.614. The molecular weight excluding hydrogens is 427 g/mol. The van der Waals surface area contributed by atoms with Crippen molar-refractivity contribution in [2.24, 2.45) is 0 Å². The zero-order valence-corrected chi connectivity index (χ0v) is 13.6. The third-order valence-corrected chi connectivity index (χ3v) is 5.31. The predicted octanol–water partition coefficient (Wildman–Crippen LogP) is 2.54. The van der Waals surface area contributed by atoms with Crippen molar-refractivity contribution in [3.8, 4) is 0 Å². The van der Waals surface area contributed by atoms with E-state index in [1.54, 1.807) is 17.0 Å². The number of nitrogens with one attached hydrogen (secondary N) is 1. The summed E-state index contributed by atoms with van der Waals surface area (Å²) in [5, 5.41) is 11.1. The Morgan fingerprint density at radius 3 is 2.84 bits per heavy atom. The zero-order valence-electron chi connectivity index (χ0n) is 9.90. The number of carbonyl (C=O) groups excluding carboxylic acids is 1. The first-order valence-electron chi connectivity index (χ1n) is 5.71. The third kappa shape index (κ3) is 3.59. The van der Waals surface area contributed by atoms with Crippen molar-refractivity contribution in [1.82, 2.24) is 10.2 Å². The van der Waals surface area contributed by atoms with Crippen molar-refractivity contribution in [1.29, 1.82) is 0 Å². The maximum atomic E-state index is 12.3. The first-order valence-corrected chi connectivity index (χ1v) is 7.58. The molecule has 0 spiro atoms. The molecule has 1 heterocycles. The second kappa shape index (κ2) is 6.08.